The van der Waals surface area contributed by atoms with Gasteiger partial charge in [0.2, 0.25) is 11.2 Å². The smallest absolute Gasteiger partial charge is 0.235 e. The highest BCUT2D eigenvalue weighted by atomic mass is 35.5. The maximum absolute atomic E-state index is 12.1. The van der Waals surface area contributed by atoms with Gasteiger partial charge in [0.15, 0.2) is 5.76 Å². The second-order valence-corrected chi connectivity index (χ2v) is 5.05. The Kier molecular flexibility index (Phi) is 3.16. The summed E-state index contributed by atoms with van der Waals surface area (Å²) in [7, 11) is 0. The van der Waals surface area contributed by atoms with E-state index in [1.807, 2.05) is 0 Å². The summed E-state index contributed by atoms with van der Waals surface area (Å²) in [6.45, 7) is 0. The van der Waals surface area contributed by atoms with E-state index in [0.717, 1.165) is 0 Å². The van der Waals surface area contributed by atoms with E-state index >= 15 is 0 Å². The van der Waals surface area contributed by atoms with Crippen molar-refractivity contribution in [1.82, 2.24) is 0 Å². The second-order valence-electron chi connectivity index (χ2n) is 4.23. The van der Waals surface area contributed by atoms with Crippen molar-refractivity contribution < 1.29 is 9.52 Å². The number of para-hydroxylation sites is 1. The maximum Gasteiger partial charge on any atom is 0.235 e. The molecule has 0 saturated carbocycles. The standard InChI is InChI=1S/C15H8Cl2O3/c16-10-6-5-8(7-11(10)17)15-14(19)13(18)9-3-1-2-4-12(9)20-15/h1-7,19H. The topological polar surface area (TPSA) is 50.4 Å². The molecule has 1 N–H and O–H groups in total. The molecule has 20 heavy (non-hydrogen) atoms. The van der Waals surface area contributed by atoms with Crippen molar-refractivity contribution in [3.05, 3.63) is 62.7 Å². The molecule has 5 heteroatoms. The van der Waals surface area contributed by atoms with Crippen molar-refractivity contribution in [2.45, 2.75) is 0 Å². The molecule has 0 aliphatic rings. The highest BCUT2D eigenvalue weighted by Gasteiger charge is 2.15. The Labute approximate surface area is 124 Å². The first-order chi connectivity index (χ1) is 9.58. The molecule has 0 atom stereocenters. The van der Waals surface area contributed by atoms with Crippen molar-refractivity contribution in [3.63, 3.8) is 0 Å². The van der Waals surface area contributed by atoms with Crippen molar-refractivity contribution in [2.24, 2.45) is 0 Å². The van der Waals surface area contributed by atoms with Crippen LogP contribution in [0, 0.1) is 0 Å². The van der Waals surface area contributed by atoms with Gasteiger partial charge in [-0.1, -0.05) is 35.3 Å². The highest BCUT2D eigenvalue weighted by molar-refractivity contribution is 6.42. The summed E-state index contributed by atoms with van der Waals surface area (Å²) in [5.41, 5.74) is 0.407. The van der Waals surface area contributed by atoms with E-state index in [2.05, 4.69) is 0 Å². The van der Waals surface area contributed by atoms with Gasteiger partial charge in [-0.3, -0.25) is 4.79 Å². The lowest BCUT2D eigenvalue weighted by Crippen LogP contribution is -2.02. The Morgan fingerprint density at radius 2 is 1.75 bits per heavy atom. The van der Waals surface area contributed by atoms with E-state index in [9.17, 15) is 9.90 Å². The Morgan fingerprint density at radius 1 is 1.00 bits per heavy atom. The highest BCUT2D eigenvalue weighted by Crippen LogP contribution is 2.33. The average Bonchev–Trinajstić information content (AvgIpc) is 2.46. The molecule has 0 aliphatic heterocycles. The third-order valence-corrected chi connectivity index (χ3v) is 3.69. The molecule has 0 spiro atoms. The number of hydrogen-bond acceptors (Lipinski definition) is 3. The second kappa shape index (κ2) is 4.85. The Hall–Kier alpha value is -1.97. The summed E-state index contributed by atoms with van der Waals surface area (Å²) >= 11 is 11.8. The van der Waals surface area contributed by atoms with Crippen LogP contribution in [-0.4, -0.2) is 5.11 Å². The predicted octanol–water partition coefficient (Wildman–Crippen LogP) is 4.47. The molecular formula is C15H8Cl2O3. The van der Waals surface area contributed by atoms with E-state index in [1.165, 1.54) is 6.07 Å². The van der Waals surface area contributed by atoms with E-state index in [0.29, 0.717) is 26.6 Å². The quantitative estimate of drug-likeness (QED) is 0.721. The molecule has 0 aliphatic carbocycles. The van der Waals surface area contributed by atoms with E-state index in [4.69, 9.17) is 27.6 Å². The van der Waals surface area contributed by atoms with Gasteiger partial charge >= 0.3 is 0 Å². The summed E-state index contributed by atoms with van der Waals surface area (Å²) < 4.78 is 5.60. The summed E-state index contributed by atoms with van der Waals surface area (Å²) in [5.74, 6) is -0.366. The lowest BCUT2D eigenvalue weighted by molar-refractivity contribution is 0.449. The summed E-state index contributed by atoms with van der Waals surface area (Å²) in [5, 5.41) is 11.1. The van der Waals surface area contributed by atoms with Gasteiger partial charge in [0, 0.05) is 5.56 Å². The van der Waals surface area contributed by atoms with E-state index < -0.39 is 11.2 Å². The van der Waals surface area contributed by atoms with Crippen LogP contribution in [0.4, 0.5) is 0 Å². The van der Waals surface area contributed by atoms with Gasteiger partial charge in [0.1, 0.15) is 5.58 Å². The van der Waals surface area contributed by atoms with Crippen molar-refractivity contribution in [3.8, 4) is 17.1 Å². The molecule has 0 radical (unpaired) electrons. The predicted molar refractivity (Wildman–Crippen MR) is 79.6 cm³/mol. The first-order valence-corrected chi connectivity index (χ1v) is 6.54. The summed E-state index contributed by atoms with van der Waals surface area (Å²) in [6, 6.07) is 11.5. The normalized spacial score (nSPS) is 10.9. The van der Waals surface area contributed by atoms with Crippen LogP contribution >= 0.6 is 23.2 Å². The van der Waals surface area contributed by atoms with Crippen molar-refractivity contribution >= 4 is 34.2 Å². The monoisotopic (exact) mass is 306 g/mol. The summed E-state index contributed by atoms with van der Waals surface area (Å²) in [4.78, 5) is 12.1. The molecule has 0 bridgehead atoms. The van der Waals surface area contributed by atoms with Gasteiger partial charge in [-0.05, 0) is 30.3 Å². The lowest BCUT2D eigenvalue weighted by Gasteiger charge is -2.06. The number of aromatic hydroxyl groups is 1. The molecular weight excluding hydrogens is 299 g/mol. The minimum Gasteiger partial charge on any atom is -0.502 e. The van der Waals surface area contributed by atoms with Gasteiger partial charge in [-0.25, -0.2) is 0 Å². The maximum atomic E-state index is 12.1. The van der Waals surface area contributed by atoms with Gasteiger partial charge in [-0.2, -0.15) is 0 Å². The van der Waals surface area contributed by atoms with Crippen LogP contribution in [0.2, 0.25) is 10.0 Å². The Bertz CT molecular complexity index is 869. The van der Waals surface area contributed by atoms with Crippen LogP contribution in [0.5, 0.6) is 5.75 Å². The molecule has 100 valence electrons. The van der Waals surface area contributed by atoms with Gasteiger partial charge in [-0.15, -0.1) is 0 Å². The molecule has 0 amide bonds. The minimum absolute atomic E-state index is 0.0762. The minimum atomic E-state index is -0.479. The number of fused-ring (bicyclic) bond motifs is 1. The fourth-order valence-corrected chi connectivity index (χ4v) is 2.26. The third-order valence-electron chi connectivity index (χ3n) is 2.96. The third kappa shape index (κ3) is 2.05. The number of benzene rings is 2. The van der Waals surface area contributed by atoms with Crippen LogP contribution in [0.15, 0.2) is 51.7 Å². The van der Waals surface area contributed by atoms with Gasteiger partial charge < -0.3 is 9.52 Å². The van der Waals surface area contributed by atoms with Crippen LogP contribution in [0.1, 0.15) is 0 Å². The molecule has 3 nitrogen and oxygen atoms in total. The van der Waals surface area contributed by atoms with Gasteiger partial charge in [0.25, 0.3) is 0 Å². The zero-order valence-corrected chi connectivity index (χ0v) is 11.6. The number of halogens is 2. The Balaban J connectivity index is 2.33. The van der Waals surface area contributed by atoms with Crippen LogP contribution < -0.4 is 5.43 Å². The molecule has 0 unspecified atom stereocenters. The van der Waals surface area contributed by atoms with E-state index in [-0.39, 0.29) is 5.76 Å². The molecule has 2 aromatic carbocycles. The number of hydrogen-bond donors (Lipinski definition) is 1. The molecule has 3 aromatic rings. The molecule has 1 aromatic heterocycles. The van der Waals surface area contributed by atoms with Crippen LogP contribution in [-0.2, 0) is 0 Å². The first-order valence-electron chi connectivity index (χ1n) is 5.78. The van der Waals surface area contributed by atoms with Gasteiger partial charge in [0.05, 0.1) is 15.4 Å². The zero-order chi connectivity index (χ0) is 14.3. The molecule has 0 fully saturated rings. The summed E-state index contributed by atoms with van der Waals surface area (Å²) in [6.07, 6.45) is 0. The molecule has 3 rings (SSSR count). The first kappa shape index (κ1) is 13.0. The van der Waals surface area contributed by atoms with Crippen LogP contribution in [0.25, 0.3) is 22.3 Å². The Morgan fingerprint density at radius 3 is 2.50 bits per heavy atom. The molecule has 0 saturated heterocycles. The molecule has 1 heterocycles. The van der Waals surface area contributed by atoms with Crippen molar-refractivity contribution in [2.75, 3.05) is 0 Å². The zero-order valence-electron chi connectivity index (χ0n) is 10.1. The average molecular weight is 307 g/mol. The van der Waals surface area contributed by atoms with Crippen molar-refractivity contribution in [1.29, 1.82) is 0 Å². The number of rotatable bonds is 1. The largest absolute Gasteiger partial charge is 0.502 e. The van der Waals surface area contributed by atoms with E-state index in [1.54, 1.807) is 36.4 Å². The fraction of sp³-hybridized carbons (Fsp3) is 0. The SMILES string of the molecule is O=c1c(O)c(-c2ccc(Cl)c(Cl)c2)oc2ccccc12. The lowest BCUT2D eigenvalue weighted by atomic mass is 10.1. The van der Waals surface area contributed by atoms with Crippen LogP contribution in [0.3, 0.4) is 0 Å². The fourth-order valence-electron chi connectivity index (χ4n) is 1.97.